The number of hydrogen-bond donors (Lipinski definition) is 0. The Bertz CT molecular complexity index is 1090. The predicted octanol–water partition coefficient (Wildman–Crippen LogP) is 3.65. The van der Waals surface area contributed by atoms with Crippen molar-refractivity contribution in [3.05, 3.63) is 47.0 Å². The number of carbonyl (C=O) groups is 1. The zero-order chi connectivity index (χ0) is 20.0. The van der Waals surface area contributed by atoms with E-state index in [-0.39, 0.29) is 5.91 Å². The second kappa shape index (κ2) is 7.22. The van der Waals surface area contributed by atoms with Gasteiger partial charge in [0.15, 0.2) is 16.6 Å². The molecule has 0 saturated carbocycles. The van der Waals surface area contributed by atoms with Gasteiger partial charge in [0.1, 0.15) is 13.2 Å². The van der Waals surface area contributed by atoms with E-state index in [2.05, 4.69) is 30.9 Å². The van der Waals surface area contributed by atoms with Gasteiger partial charge in [-0.1, -0.05) is 17.4 Å². The molecule has 3 aromatic rings. The molecule has 0 N–H and O–H groups in total. The van der Waals surface area contributed by atoms with Crippen LogP contribution in [0.4, 0.5) is 5.13 Å². The lowest BCUT2D eigenvalue weighted by Gasteiger charge is -2.34. The third-order valence-electron chi connectivity index (χ3n) is 5.44. The Hall–Kier alpha value is -2.80. The van der Waals surface area contributed by atoms with Crippen molar-refractivity contribution in [2.75, 3.05) is 44.3 Å². The summed E-state index contributed by atoms with van der Waals surface area (Å²) in [5.74, 6) is 1.40. The van der Waals surface area contributed by atoms with Gasteiger partial charge in [0.2, 0.25) is 0 Å². The second-order valence-electron chi connectivity index (χ2n) is 7.56. The third-order valence-corrected chi connectivity index (χ3v) is 6.70. The number of carbonyl (C=O) groups excluding carboxylic acids is 1. The van der Waals surface area contributed by atoms with Crippen molar-refractivity contribution in [1.82, 2.24) is 9.88 Å². The van der Waals surface area contributed by atoms with E-state index >= 15 is 0 Å². The summed E-state index contributed by atoms with van der Waals surface area (Å²) < 4.78 is 12.4. The monoisotopic (exact) mass is 409 g/mol. The largest absolute Gasteiger partial charge is 0.486 e. The summed E-state index contributed by atoms with van der Waals surface area (Å²) in [7, 11) is 0. The summed E-state index contributed by atoms with van der Waals surface area (Å²) in [5, 5.41) is 1.04. The molecule has 2 aliphatic heterocycles. The number of rotatable bonds is 2. The van der Waals surface area contributed by atoms with Gasteiger partial charge in [-0.3, -0.25) is 4.79 Å². The molecule has 3 heterocycles. The fourth-order valence-corrected chi connectivity index (χ4v) is 5.03. The minimum Gasteiger partial charge on any atom is -0.486 e. The molecule has 150 valence electrons. The molecule has 0 radical (unpaired) electrons. The van der Waals surface area contributed by atoms with E-state index in [0.717, 1.165) is 23.7 Å². The molecule has 0 bridgehead atoms. The highest BCUT2D eigenvalue weighted by Crippen LogP contribution is 2.33. The van der Waals surface area contributed by atoms with Crippen molar-refractivity contribution in [3.63, 3.8) is 0 Å². The van der Waals surface area contributed by atoms with Crippen LogP contribution >= 0.6 is 11.3 Å². The van der Waals surface area contributed by atoms with E-state index in [1.165, 1.54) is 15.8 Å². The third kappa shape index (κ3) is 3.40. The highest BCUT2D eigenvalue weighted by molar-refractivity contribution is 7.22. The molecule has 0 spiro atoms. The second-order valence-corrected chi connectivity index (χ2v) is 8.54. The molecule has 29 heavy (non-hydrogen) atoms. The van der Waals surface area contributed by atoms with Gasteiger partial charge in [0.25, 0.3) is 5.91 Å². The Kier molecular flexibility index (Phi) is 4.54. The van der Waals surface area contributed by atoms with Crippen LogP contribution in [0.1, 0.15) is 21.5 Å². The number of thiazole rings is 1. The Morgan fingerprint density at radius 3 is 2.55 bits per heavy atom. The topological polar surface area (TPSA) is 54.9 Å². The van der Waals surface area contributed by atoms with E-state index in [4.69, 9.17) is 14.5 Å². The standard InChI is InChI=1S/C22H23N3O3S/c1-14-11-15(2)20-17(12-14)23-22(29-20)25-7-5-24(6-8-25)21(26)16-3-4-18-19(13-16)28-10-9-27-18/h3-4,11-13H,5-10H2,1-2H3. The summed E-state index contributed by atoms with van der Waals surface area (Å²) in [5.41, 5.74) is 4.23. The number of amides is 1. The molecule has 5 rings (SSSR count). The lowest BCUT2D eigenvalue weighted by molar-refractivity contribution is 0.0745. The smallest absolute Gasteiger partial charge is 0.254 e. The summed E-state index contributed by atoms with van der Waals surface area (Å²) in [6.07, 6.45) is 0. The van der Waals surface area contributed by atoms with Crippen molar-refractivity contribution in [2.24, 2.45) is 0 Å². The fourth-order valence-electron chi connectivity index (χ4n) is 3.96. The average Bonchev–Trinajstić information content (AvgIpc) is 3.17. The number of aromatic nitrogens is 1. The first-order valence-electron chi connectivity index (χ1n) is 9.90. The number of nitrogens with zero attached hydrogens (tertiary/aromatic N) is 3. The van der Waals surface area contributed by atoms with Crippen LogP contribution in [0, 0.1) is 13.8 Å². The lowest BCUT2D eigenvalue weighted by atomic mass is 10.1. The molecule has 7 heteroatoms. The predicted molar refractivity (Wildman–Crippen MR) is 115 cm³/mol. The van der Waals surface area contributed by atoms with Crippen molar-refractivity contribution in [2.45, 2.75) is 13.8 Å². The summed E-state index contributed by atoms with van der Waals surface area (Å²) in [4.78, 5) is 22.0. The first-order valence-corrected chi connectivity index (χ1v) is 10.7. The van der Waals surface area contributed by atoms with Crippen LogP contribution in [-0.4, -0.2) is 55.2 Å². The van der Waals surface area contributed by atoms with E-state index < -0.39 is 0 Å². The summed E-state index contributed by atoms with van der Waals surface area (Å²) in [6.45, 7) is 8.25. The Morgan fingerprint density at radius 2 is 1.76 bits per heavy atom. The fraction of sp³-hybridized carbons (Fsp3) is 0.364. The Labute approximate surface area is 173 Å². The number of ether oxygens (including phenoxy) is 2. The number of hydrogen-bond acceptors (Lipinski definition) is 6. The van der Waals surface area contributed by atoms with Crippen LogP contribution in [-0.2, 0) is 0 Å². The van der Waals surface area contributed by atoms with Crippen LogP contribution in [0.3, 0.4) is 0 Å². The van der Waals surface area contributed by atoms with Gasteiger partial charge in [-0.05, 0) is 49.2 Å². The van der Waals surface area contributed by atoms with Gasteiger partial charge in [-0.2, -0.15) is 0 Å². The quantitative estimate of drug-likeness (QED) is 0.647. The molecule has 6 nitrogen and oxygen atoms in total. The van der Waals surface area contributed by atoms with Crippen molar-refractivity contribution < 1.29 is 14.3 Å². The number of benzene rings is 2. The molecule has 2 aromatic carbocycles. The van der Waals surface area contributed by atoms with Gasteiger partial charge >= 0.3 is 0 Å². The normalized spacial score (nSPS) is 16.3. The van der Waals surface area contributed by atoms with Crippen molar-refractivity contribution in [1.29, 1.82) is 0 Å². The van der Waals surface area contributed by atoms with Crippen LogP contribution < -0.4 is 14.4 Å². The first-order chi connectivity index (χ1) is 14.1. The Balaban J connectivity index is 1.29. The van der Waals surface area contributed by atoms with Crippen LogP contribution in [0.25, 0.3) is 10.2 Å². The maximum atomic E-state index is 12.9. The van der Waals surface area contributed by atoms with Gasteiger partial charge in [0, 0.05) is 31.7 Å². The van der Waals surface area contributed by atoms with E-state index in [0.29, 0.717) is 43.4 Å². The van der Waals surface area contributed by atoms with Crippen LogP contribution in [0.2, 0.25) is 0 Å². The van der Waals surface area contributed by atoms with Crippen LogP contribution in [0.15, 0.2) is 30.3 Å². The van der Waals surface area contributed by atoms with Crippen molar-refractivity contribution in [3.8, 4) is 11.5 Å². The molecule has 0 unspecified atom stereocenters. The first kappa shape index (κ1) is 18.2. The van der Waals surface area contributed by atoms with E-state index in [1.807, 2.05) is 17.0 Å². The number of piperazine rings is 1. The highest BCUT2D eigenvalue weighted by atomic mass is 32.1. The van der Waals surface area contributed by atoms with E-state index in [9.17, 15) is 4.79 Å². The SMILES string of the molecule is Cc1cc(C)c2sc(N3CCN(C(=O)c4ccc5c(c4)OCCO5)CC3)nc2c1. The number of anilines is 1. The van der Waals surface area contributed by atoms with Gasteiger partial charge < -0.3 is 19.3 Å². The summed E-state index contributed by atoms with van der Waals surface area (Å²) in [6, 6.07) is 9.78. The molecular formula is C22H23N3O3S. The zero-order valence-electron chi connectivity index (χ0n) is 16.6. The lowest BCUT2D eigenvalue weighted by Crippen LogP contribution is -2.48. The number of aryl methyl sites for hydroxylation is 2. The van der Waals surface area contributed by atoms with Gasteiger partial charge in [0.05, 0.1) is 10.2 Å². The Morgan fingerprint density at radius 1 is 1.00 bits per heavy atom. The minimum atomic E-state index is 0.0393. The zero-order valence-corrected chi connectivity index (χ0v) is 17.4. The molecule has 0 aliphatic carbocycles. The highest BCUT2D eigenvalue weighted by Gasteiger charge is 2.25. The molecular weight excluding hydrogens is 386 g/mol. The number of fused-ring (bicyclic) bond motifs is 2. The summed E-state index contributed by atoms with van der Waals surface area (Å²) >= 11 is 1.74. The molecule has 1 fully saturated rings. The molecule has 1 saturated heterocycles. The molecule has 0 atom stereocenters. The maximum Gasteiger partial charge on any atom is 0.254 e. The molecule has 2 aliphatic rings. The minimum absolute atomic E-state index is 0.0393. The van der Waals surface area contributed by atoms with Gasteiger partial charge in [-0.15, -0.1) is 0 Å². The average molecular weight is 410 g/mol. The van der Waals surface area contributed by atoms with E-state index in [1.54, 1.807) is 17.4 Å². The van der Waals surface area contributed by atoms with Crippen LogP contribution in [0.5, 0.6) is 11.5 Å². The molecule has 1 amide bonds. The molecule has 1 aromatic heterocycles. The maximum absolute atomic E-state index is 12.9. The van der Waals surface area contributed by atoms with Gasteiger partial charge in [-0.25, -0.2) is 4.98 Å². The van der Waals surface area contributed by atoms with Crippen molar-refractivity contribution >= 4 is 32.6 Å².